The van der Waals surface area contributed by atoms with Crippen LogP contribution in [0.15, 0.2) is 18.2 Å². The van der Waals surface area contributed by atoms with E-state index in [1.54, 1.807) is 12.1 Å². The third kappa shape index (κ3) is 3.51. The Labute approximate surface area is 105 Å². The van der Waals surface area contributed by atoms with Gasteiger partial charge in [-0.25, -0.2) is 4.39 Å². The predicted molar refractivity (Wildman–Crippen MR) is 65.7 cm³/mol. The summed E-state index contributed by atoms with van der Waals surface area (Å²) in [6, 6.07) is 4.45. The SMILES string of the molecule is O=C(Cc1ccc(Cl)cc1F)CC1CCNC1. The molecule has 0 spiro atoms. The minimum absolute atomic E-state index is 0.0972. The summed E-state index contributed by atoms with van der Waals surface area (Å²) in [5.41, 5.74) is 0.436. The number of carbonyl (C=O) groups is 1. The van der Waals surface area contributed by atoms with Crippen LogP contribution < -0.4 is 5.32 Å². The van der Waals surface area contributed by atoms with E-state index in [0.29, 0.717) is 22.9 Å². The lowest BCUT2D eigenvalue weighted by molar-refractivity contribution is -0.119. The second-order valence-electron chi connectivity index (χ2n) is 4.51. The zero-order valence-corrected chi connectivity index (χ0v) is 10.3. The molecule has 0 saturated carbocycles. The predicted octanol–water partition coefficient (Wildman–Crippen LogP) is 2.59. The van der Waals surface area contributed by atoms with Crippen LogP contribution in [-0.4, -0.2) is 18.9 Å². The van der Waals surface area contributed by atoms with Crippen molar-refractivity contribution in [3.8, 4) is 0 Å². The molecule has 1 saturated heterocycles. The van der Waals surface area contributed by atoms with Crippen molar-refractivity contribution in [2.75, 3.05) is 13.1 Å². The van der Waals surface area contributed by atoms with Crippen LogP contribution in [0, 0.1) is 11.7 Å². The lowest BCUT2D eigenvalue weighted by atomic mass is 9.97. The average Bonchev–Trinajstić information content (AvgIpc) is 2.75. The van der Waals surface area contributed by atoms with Gasteiger partial charge in [-0.1, -0.05) is 17.7 Å². The molecule has 0 aliphatic carbocycles. The van der Waals surface area contributed by atoms with E-state index >= 15 is 0 Å². The monoisotopic (exact) mass is 255 g/mol. The third-order valence-electron chi connectivity index (χ3n) is 3.08. The molecule has 1 unspecified atom stereocenters. The summed E-state index contributed by atoms with van der Waals surface area (Å²) in [5.74, 6) is 0.119. The topological polar surface area (TPSA) is 29.1 Å². The van der Waals surface area contributed by atoms with E-state index in [0.717, 1.165) is 19.5 Å². The second kappa shape index (κ2) is 5.61. The first kappa shape index (κ1) is 12.5. The van der Waals surface area contributed by atoms with Gasteiger partial charge >= 0.3 is 0 Å². The molecule has 17 heavy (non-hydrogen) atoms. The summed E-state index contributed by atoms with van der Waals surface area (Å²) in [7, 11) is 0. The van der Waals surface area contributed by atoms with Gasteiger partial charge in [-0.05, 0) is 43.1 Å². The molecule has 92 valence electrons. The molecule has 0 radical (unpaired) electrons. The Kier molecular flexibility index (Phi) is 4.13. The van der Waals surface area contributed by atoms with Gasteiger partial charge in [0, 0.05) is 17.9 Å². The fraction of sp³-hybridized carbons (Fsp3) is 0.462. The van der Waals surface area contributed by atoms with Gasteiger partial charge < -0.3 is 5.32 Å². The zero-order chi connectivity index (χ0) is 12.3. The fourth-order valence-electron chi connectivity index (χ4n) is 2.16. The number of rotatable bonds is 4. The summed E-state index contributed by atoms with van der Waals surface area (Å²) >= 11 is 5.66. The van der Waals surface area contributed by atoms with Crippen molar-refractivity contribution in [2.24, 2.45) is 5.92 Å². The largest absolute Gasteiger partial charge is 0.316 e. The summed E-state index contributed by atoms with van der Waals surface area (Å²) in [5, 5.41) is 3.58. The molecule has 4 heteroatoms. The fourth-order valence-corrected chi connectivity index (χ4v) is 2.32. The van der Waals surface area contributed by atoms with Gasteiger partial charge in [0.05, 0.1) is 0 Å². The molecule has 1 aliphatic rings. The molecule has 1 aromatic rings. The second-order valence-corrected chi connectivity index (χ2v) is 4.95. The summed E-state index contributed by atoms with van der Waals surface area (Å²) in [6.07, 6.45) is 1.74. The van der Waals surface area contributed by atoms with Gasteiger partial charge in [0.2, 0.25) is 0 Å². The van der Waals surface area contributed by atoms with Crippen LogP contribution in [0.3, 0.4) is 0 Å². The highest BCUT2D eigenvalue weighted by Crippen LogP contribution is 2.18. The molecule has 0 aromatic heterocycles. The Morgan fingerprint density at radius 1 is 1.53 bits per heavy atom. The van der Waals surface area contributed by atoms with Crippen LogP contribution in [0.5, 0.6) is 0 Å². The molecule has 0 amide bonds. The van der Waals surface area contributed by atoms with Gasteiger partial charge in [0.1, 0.15) is 11.6 Å². The Morgan fingerprint density at radius 3 is 3.00 bits per heavy atom. The molecule has 0 bridgehead atoms. The molecule has 1 fully saturated rings. The Bertz CT molecular complexity index is 416. The Balaban J connectivity index is 1.93. The van der Waals surface area contributed by atoms with Gasteiger partial charge in [0.15, 0.2) is 0 Å². The summed E-state index contributed by atoms with van der Waals surface area (Å²) in [6.45, 7) is 1.88. The zero-order valence-electron chi connectivity index (χ0n) is 9.51. The van der Waals surface area contributed by atoms with Crippen LogP contribution in [0.25, 0.3) is 0 Å². The molecule has 1 heterocycles. The molecular formula is C13H15ClFNO. The molecular weight excluding hydrogens is 241 g/mol. The van der Waals surface area contributed by atoms with Crippen LogP contribution in [0.4, 0.5) is 4.39 Å². The first-order valence-corrected chi connectivity index (χ1v) is 6.19. The van der Waals surface area contributed by atoms with Crippen molar-refractivity contribution in [3.63, 3.8) is 0 Å². The smallest absolute Gasteiger partial charge is 0.137 e. The van der Waals surface area contributed by atoms with E-state index in [-0.39, 0.29) is 12.2 Å². The molecule has 1 aromatic carbocycles. The molecule has 2 rings (SSSR count). The number of carbonyl (C=O) groups excluding carboxylic acids is 1. The number of Topliss-reactive ketones (excluding diaryl/α,β-unsaturated/α-hetero) is 1. The van der Waals surface area contributed by atoms with Crippen LogP contribution in [0.1, 0.15) is 18.4 Å². The number of ketones is 1. The van der Waals surface area contributed by atoms with E-state index in [4.69, 9.17) is 11.6 Å². The van der Waals surface area contributed by atoms with E-state index < -0.39 is 5.82 Å². The van der Waals surface area contributed by atoms with E-state index in [1.807, 2.05) is 0 Å². The summed E-state index contributed by atoms with van der Waals surface area (Å²) < 4.78 is 13.5. The minimum Gasteiger partial charge on any atom is -0.316 e. The summed E-state index contributed by atoms with van der Waals surface area (Å²) in [4.78, 5) is 11.8. The van der Waals surface area contributed by atoms with E-state index in [9.17, 15) is 9.18 Å². The van der Waals surface area contributed by atoms with Crippen molar-refractivity contribution >= 4 is 17.4 Å². The van der Waals surface area contributed by atoms with Crippen molar-refractivity contribution in [3.05, 3.63) is 34.6 Å². The van der Waals surface area contributed by atoms with E-state index in [1.165, 1.54) is 6.07 Å². The van der Waals surface area contributed by atoms with Crippen LogP contribution in [-0.2, 0) is 11.2 Å². The van der Waals surface area contributed by atoms with Crippen molar-refractivity contribution < 1.29 is 9.18 Å². The van der Waals surface area contributed by atoms with Gasteiger partial charge in [-0.3, -0.25) is 4.79 Å². The standard InChI is InChI=1S/C13H15ClFNO/c14-11-2-1-10(13(15)7-11)6-12(17)5-9-3-4-16-8-9/h1-2,7,9,16H,3-6,8H2. The maximum Gasteiger partial charge on any atom is 0.137 e. The van der Waals surface area contributed by atoms with Crippen molar-refractivity contribution in [2.45, 2.75) is 19.3 Å². The number of hydrogen-bond donors (Lipinski definition) is 1. The first-order valence-electron chi connectivity index (χ1n) is 5.81. The van der Waals surface area contributed by atoms with Crippen LogP contribution in [0.2, 0.25) is 5.02 Å². The number of hydrogen-bond acceptors (Lipinski definition) is 2. The average molecular weight is 256 g/mol. The highest BCUT2D eigenvalue weighted by Gasteiger charge is 2.18. The van der Waals surface area contributed by atoms with Gasteiger partial charge in [0.25, 0.3) is 0 Å². The maximum atomic E-state index is 13.5. The highest BCUT2D eigenvalue weighted by molar-refractivity contribution is 6.30. The van der Waals surface area contributed by atoms with Gasteiger partial charge in [-0.2, -0.15) is 0 Å². The molecule has 2 nitrogen and oxygen atoms in total. The normalized spacial score (nSPS) is 19.5. The van der Waals surface area contributed by atoms with Gasteiger partial charge in [-0.15, -0.1) is 0 Å². The first-order chi connectivity index (χ1) is 8.15. The molecule has 1 atom stereocenters. The number of nitrogens with one attached hydrogen (secondary N) is 1. The molecule has 1 N–H and O–H groups in total. The number of halogens is 2. The third-order valence-corrected chi connectivity index (χ3v) is 3.32. The quantitative estimate of drug-likeness (QED) is 0.896. The molecule has 1 aliphatic heterocycles. The minimum atomic E-state index is -0.393. The lowest BCUT2D eigenvalue weighted by Gasteiger charge is -2.07. The van der Waals surface area contributed by atoms with Crippen molar-refractivity contribution in [1.29, 1.82) is 0 Å². The Morgan fingerprint density at radius 2 is 2.35 bits per heavy atom. The van der Waals surface area contributed by atoms with E-state index in [2.05, 4.69) is 5.32 Å². The van der Waals surface area contributed by atoms with Crippen LogP contribution >= 0.6 is 11.6 Å². The number of benzene rings is 1. The lowest BCUT2D eigenvalue weighted by Crippen LogP contribution is -2.14. The van der Waals surface area contributed by atoms with Crippen molar-refractivity contribution in [1.82, 2.24) is 5.32 Å². The highest BCUT2D eigenvalue weighted by atomic mass is 35.5. The maximum absolute atomic E-state index is 13.5. The Hall–Kier alpha value is -0.930.